The SMILES string of the molecule is O=S(=O)(Nc1ccccc1)c1ccccc1[Te][Te]c1ccccc1S(=O)(=O)Nc1ccccc1. The molecule has 0 aliphatic heterocycles. The zero-order valence-electron chi connectivity index (χ0n) is 17.7. The van der Waals surface area contributed by atoms with Crippen molar-refractivity contribution in [3.63, 3.8) is 0 Å². The molecule has 2 N–H and O–H groups in total. The Morgan fingerprint density at radius 3 is 1.15 bits per heavy atom. The third-order valence-corrected chi connectivity index (χ3v) is 20.0. The summed E-state index contributed by atoms with van der Waals surface area (Å²) in [5, 5.41) is 0. The molecular weight excluding hydrogens is 700 g/mol. The fraction of sp³-hybridized carbons (Fsp3) is 0. The van der Waals surface area contributed by atoms with E-state index in [0.717, 1.165) is 7.22 Å². The Balaban J connectivity index is 1.58. The molecule has 34 heavy (non-hydrogen) atoms. The van der Waals surface area contributed by atoms with E-state index >= 15 is 0 Å². The standard InChI is InChI=1S/C24H20N2O4S2Te2/c27-31(28,25-19-11-3-1-4-12-19)21-15-7-9-17-23(21)33-34-24-18-10-8-16-22(24)32(29,30)26-20-13-5-2-6-14-20/h1-18,25-26H. The van der Waals surface area contributed by atoms with Crippen molar-refractivity contribution >= 4 is 72.8 Å². The van der Waals surface area contributed by atoms with Gasteiger partial charge in [-0.15, -0.1) is 0 Å². The molecule has 174 valence electrons. The molecule has 0 radical (unpaired) electrons. The molecule has 0 heterocycles. The van der Waals surface area contributed by atoms with E-state index in [0.29, 0.717) is 11.4 Å². The van der Waals surface area contributed by atoms with Crippen LogP contribution in [0.3, 0.4) is 0 Å². The normalized spacial score (nSPS) is 11.6. The molecule has 0 bridgehead atoms. The van der Waals surface area contributed by atoms with Gasteiger partial charge in [-0.1, -0.05) is 0 Å². The Bertz CT molecular complexity index is 1370. The van der Waals surface area contributed by atoms with Gasteiger partial charge in [-0.3, -0.25) is 0 Å². The van der Waals surface area contributed by atoms with Crippen molar-refractivity contribution in [3.8, 4) is 0 Å². The second-order valence-corrected chi connectivity index (χ2v) is 20.1. The molecule has 0 saturated heterocycles. The number of sulfonamides is 2. The van der Waals surface area contributed by atoms with Gasteiger partial charge in [0.05, 0.1) is 0 Å². The summed E-state index contributed by atoms with van der Waals surface area (Å²) < 4.78 is 59.2. The number of benzene rings is 4. The minimum absolute atomic E-state index is 0.258. The summed E-state index contributed by atoms with van der Waals surface area (Å²) in [5.74, 6) is 0. The molecule has 0 atom stereocenters. The number of nitrogens with one attached hydrogen (secondary N) is 2. The van der Waals surface area contributed by atoms with Crippen molar-refractivity contribution in [1.82, 2.24) is 0 Å². The van der Waals surface area contributed by atoms with Crippen molar-refractivity contribution in [2.45, 2.75) is 9.79 Å². The summed E-state index contributed by atoms with van der Waals surface area (Å²) in [7, 11) is -7.51. The van der Waals surface area contributed by atoms with E-state index in [9.17, 15) is 16.8 Å². The molecule has 0 aliphatic rings. The summed E-state index contributed by atoms with van der Waals surface area (Å²) in [4.78, 5) is 0.517. The van der Waals surface area contributed by atoms with Crippen LogP contribution in [0.5, 0.6) is 0 Å². The Hall–Kier alpha value is -2.04. The third kappa shape index (κ3) is 6.34. The quantitative estimate of drug-likeness (QED) is 0.261. The molecule has 0 amide bonds. The Labute approximate surface area is 216 Å². The van der Waals surface area contributed by atoms with Crippen LogP contribution in [-0.4, -0.2) is 50.9 Å². The maximum atomic E-state index is 13.1. The van der Waals surface area contributed by atoms with Gasteiger partial charge in [0, 0.05) is 0 Å². The summed E-state index contributed by atoms with van der Waals surface area (Å²) in [5.41, 5.74) is 0.996. The molecular formula is C24H20N2O4S2Te2. The molecule has 4 rings (SSSR count). The van der Waals surface area contributed by atoms with Gasteiger partial charge in [-0.05, 0) is 0 Å². The molecule has 4 aromatic rings. The van der Waals surface area contributed by atoms with E-state index in [4.69, 9.17) is 0 Å². The van der Waals surface area contributed by atoms with Gasteiger partial charge in [0.25, 0.3) is 0 Å². The van der Waals surface area contributed by atoms with E-state index in [1.165, 1.54) is 0 Å². The van der Waals surface area contributed by atoms with Crippen LogP contribution in [0.4, 0.5) is 11.4 Å². The number of hydrogen-bond donors (Lipinski definition) is 2. The molecule has 0 unspecified atom stereocenters. The van der Waals surface area contributed by atoms with Crippen molar-refractivity contribution in [1.29, 1.82) is 0 Å². The van der Waals surface area contributed by atoms with Crippen LogP contribution >= 0.6 is 0 Å². The predicted molar refractivity (Wildman–Crippen MR) is 138 cm³/mol. The van der Waals surface area contributed by atoms with Gasteiger partial charge in [-0.2, -0.15) is 0 Å². The average Bonchev–Trinajstić information content (AvgIpc) is 2.84. The van der Waals surface area contributed by atoms with Gasteiger partial charge < -0.3 is 0 Å². The predicted octanol–water partition coefficient (Wildman–Crippen LogP) is 2.56. The summed E-state index contributed by atoms with van der Waals surface area (Å²) in [6.07, 6.45) is 0. The van der Waals surface area contributed by atoms with Crippen LogP contribution in [0.2, 0.25) is 0 Å². The van der Waals surface area contributed by atoms with Crippen molar-refractivity contribution < 1.29 is 16.8 Å². The number of hydrogen-bond acceptors (Lipinski definition) is 4. The zero-order chi connectivity index (χ0) is 24.0. The molecule has 0 saturated carbocycles. The van der Waals surface area contributed by atoms with Crippen LogP contribution < -0.4 is 16.7 Å². The Kier molecular flexibility index (Phi) is 8.21. The molecule has 4 aromatic carbocycles. The van der Waals surface area contributed by atoms with Gasteiger partial charge in [-0.25, -0.2) is 0 Å². The van der Waals surface area contributed by atoms with Gasteiger partial charge >= 0.3 is 218 Å². The van der Waals surface area contributed by atoms with E-state index < -0.39 is 54.2 Å². The molecule has 0 aliphatic carbocycles. The van der Waals surface area contributed by atoms with E-state index in [1.807, 2.05) is 36.4 Å². The second kappa shape index (κ2) is 11.1. The first-order valence-electron chi connectivity index (χ1n) is 10.0. The molecule has 6 nitrogen and oxygen atoms in total. The summed E-state index contributed by atoms with van der Waals surface area (Å²) in [6.45, 7) is 0. The van der Waals surface area contributed by atoms with E-state index in [1.54, 1.807) is 72.8 Å². The van der Waals surface area contributed by atoms with Crippen LogP contribution in [0.15, 0.2) is 119 Å². The van der Waals surface area contributed by atoms with Crippen LogP contribution in [0.25, 0.3) is 0 Å². The van der Waals surface area contributed by atoms with Crippen LogP contribution in [0, 0.1) is 0 Å². The fourth-order valence-electron chi connectivity index (χ4n) is 3.00. The van der Waals surface area contributed by atoms with E-state index in [2.05, 4.69) is 9.44 Å². The van der Waals surface area contributed by atoms with Crippen molar-refractivity contribution in [3.05, 3.63) is 109 Å². The van der Waals surface area contributed by atoms with Crippen LogP contribution in [-0.2, 0) is 20.0 Å². The average molecular weight is 720 g/mol. The monoisotopic (exact) mass is 724 g/mol. The summed E-state index contributed by atoms with van der Waals surface area (Å²) >= 11 is -1.88. The first-order chi connectivity index (χ1) is 16.4. The fourth-order valence-corrected chi connectivity index (χ4v) is 21.1. The van der Waals surface area contributed by atoms with Gasteiger partial charge in [0.1, 0.15) is 0 Å². The Morgan fingerprint density at radius 1 is 0.441 bits per heavy atom. The molecule has 10 heteroatoms. The molecule has 0 aromatic heterocycles. The number of para-hydroxylation sites is 2. The maximum absolute atomic E-state index is 13.1. The van der Waals surface area contributed by atoms with Gasteiger partial charge in [0.15, 0.2) is 0 Å². The van der Waals surface area contributed by atoms with Crippen molar-refractivity contribution in [2.75, 3.05) is 9.44 Å². The number of rotatable bonds is 9. The van der Waals surface area contributed by atoms with Crippen LogP contribution in [0.1, 0.15) is 0 Å². The first-order valence-corrected chi connectivity index (χ1v) is 22.7. The third-order valence-electron chi connectivity index (χ3n) is 4.55. The summed E-state index contributed by atoms with van der Waals surface area (Å²) in [6, 6.07) is 31.5. The van der Waals surface area contributed by atoms with Crippen molar-refractivity contribution in [2.24, 2.45) is 0 Å². The Morgan fingerprint density at radius 2 is 0.765 bits per heavy atom. The molecule has 0 spiro atoms. The topological polar surface area (TPSA) is 92.3 Å². The zero-order valence-corrected chi connectivity index (χ0v) is 24.0. The van der Waals surface area contributed by atoms with Gasteiger partial charge in [0.2, 0.25) is 0 Å². The molecule has 0 fully saturated rings. The first kappa shape index (κ1) is 25.1. The second-order valence-electron chi connectivity index (χ2n) is 7.00. The van der Waals surface area contributed by atoms with E-state index in [-0.39, 0.29) is 9.79 Å². The minimum atomic E-state index is -3.75. The number of anilines is 2.